The van der Waals surface area contributed by atoms with E-state index in [-0.39, 0.29) is 30.2 Å². The molecule has 6 nitrogen and oxygen atoms in total. The van der Waals surface area contributed by atoms with Crippen LogP contribution in [0.15, 0.2) is 42.5 Å². The van der Waals surface area contributed by atoms with E-state index in [0.29, 0.717) is 36.6 Å². The van der Waals surface area contributed by atoms with Crippen LogP contribution in [0.2, 0.25) is 5.02 Å². The summed E-state index contributed by atoms with van der Waals surface area (Å²) in [7, 11) is 0. The Kier molecular flexibility index (Phi) is 8.04. The number of carbonyl (C=O) groups is 2. The minimum atomic E-state index is -4.44. The van der Waals surface area contributed by atoms with Gasteiger partial charge in [-0.15, -0.1) is 0 Å². The van der Waals surface area contributed by atoms with Crippen molar-refractivity contribution in [1.82, 2.24) is 4.90 Å². The second-order valence-corrected chi connectivity index (χ2v) is 10.5. The molecule has 2 fully saturated rings. The summed E-state index contributed by atoms with van der Waals surface area (Å²) in [6.07, 6.45) is -0.170. The van der Waals surface area contributed by atoms with Crippen LogP contribution in [0.25, 0.3) is 0 Å². The van der Waals surface area contributed by atoms with E-state index in [2.05, 4.69) is 5.32 Å². The first kappa shape index (κ1) is 27.3. The minimum Gasteiger partial charge on any atom is -0.484 e. The van der Waals surface area contributed by atoms with Gasteiger partial charge in [0, 0.05) is 29.2 Å². The van der Waals surface area contributed by atoms with Gasteiger partial charge in [-0.1, -0.05) is 17.7 Å². The van der Waals surface area contributed by atoms with Gasteiger partial charge in [-0.2, -0.15) is 13.2 Å². The Morgan fingerprint density at radius 1 is 1.16 bits per heavy atom. The molecular weight excluding hydrogens is 509 g/mol. The van der Waals surface area contributed by atoms with Crippen LogP contribution in [0.4, 0.5) is 18.9 Å². The number of hydrogen-bond donors (Lipinski definition) is 2. The van der Waals surface area contributed by atoms with Crippen LogP contribution >= 0.6 is 11.6 Å². The van der Waals surface area contributed by atoms with Gasteiger partial charge >= 0.3 is 6.18 Å². The van der Waals surface area contributed by atoms with Crippen LogP contribution in [0.3, 0.4) is 0 Å². The first-order valence-corrected chi connectivity index (χ1v) is 12.7. The molecule has 2 aromatic carbocycles. The minimum absolute atomic E-state index is 0.128. The summed E-state index contributed by atoms with van der Waals surface area (Å²) in [5.41, 5.74) is -0.399. The number of halogens is 4. The van der Waals surface area contributed by atoms with Crippen LogP contribution in [0.1, 0.15) is 50.2 Å². The van der Waals surface area contributed by atoms with Crippen molar-refractivity contribution < 1.29 is 32.6 Å². The lowest BCUT2D eigenvalue weighted by atomic mass is 9.83. The number of anilines is 1. The topological polar surface area (TPSA) is 78.9 Å². The lowest BCUT2D eigenvalue weighted by Crippen LogP contribution is -2.43. The zero-order chi connectivity index (χ0) is 26.8. The van der Waals surface area contributed by atoms with Gasteiger partial charge in [-0.25, -0.2) is 0 Å². The van der Waals surface area contributed by atoms with E-state index in [0.717, 1.165) is 37.0 Å². The van der Waals surface area contributed by atoms with Crippen LogP contribution in [0, 0.1) is 5.92 Å². The average Bonchev–Trinajstić information content (AvgIpc) is 3.19. The van der Waals surface area contributed by atoms with E-state index in [1.54, 1.807) is 18.2 Å². The molecule has 1 unspecified atom stereocenters. The summed E-state index contributed by atoms with van der Waals surface area (Å²) in [4.78, 5) is 27.1. The molecule has 1 aliphatic carbocycles. The Hall–Kier alpha value is -2.78. The van der Waals surface area contributed by atoms with Crippen LogP contribution in [-0.4, -0.2) is 46.6 Å². The molecular formula is C27H30ClF3N2O4. The quantitative estimate of drug-likeness (QED) is 0.490. The van der Waals surface area contributed by atoms with Crippen molar-refractivity contribution in [2.75, 3.05) is 18.5 Å². The predicted molar refractivity (Wildman–Crippen MR) is 133 cm³/mol. The SMILES string of the molecule is CC1(O)CCC(N2CCC(Cc3ccc(OCC(=O)Nc4ccc(C(F)(F)F)cc4)cc3Cl)C2=O)CC1. The van der Waals surface area contributed by atoms with Crippen molar-refractivity contribution in [3.63, 3.8) is 0 Å². The van der Waals surface area contributed by atoms with E-state index < -0.39 is 23.2 Å². The van der Waals surface area contributed by atoms with Crippen molar-refractivity contribution in [1.29, 1.82) is 0 Å². The van der Waals surface area contributed by atoms with Crippen LogP contribution in [0.5, 0.6) is 5.75 Å². The monoisotopic (exact) mass is 538 g/mol. The normalized spacial score (nSPS) is 24.3. The molecule has 1 aliphatic heterocycles. The van der Waals surface area contributed by atoms with Crippen molar-refractivity contribution in [2.24, 2.45) is 5.92 Å². The zero-order valence-electron chi connectivity index (χ0n) is 20.5. The predicted octanol–water partition coefficient (Wildman–Crippen LogP) is 5.46. The van der Waals surface area contributed by atoms with Crippen LogP contribution < -0.4 is 10.1 Å². The fourth-order valence-corrected chi connectivity index (χ4v) is 5.24. The maximum Gasteiger partial charge on any atom is 0.416 e. The Morgan fingerprint density at radius 3 is 2.46 bits per heavy atom. The molecule has 1 saturated heterocycles. The molecule has 0 radical (unpaired) electrons. The highest BCUT2D eigenvalue weighted by atomic mass is 35.5. The molecule has 2 amide bonds. The number of aliphatic hydroxyl groups is 1. The smallest absolute Gasteiger partial charge is 0.416 e. The number of amides is 2. The molecule has 0 spiro atoms. The highest BCUT2D eigenvalue weighted by Crippen LogP contribution is 2.35. The van der Waals surface area contributed by atoms with Gasteiger partial charge in [-0.05, 0) is 87.4 Å². The number of carbonyl (C=O) groups excluding carboxylic acids is 2. The number of hydrogen-bond acceptors (Lipinski definition) is 4. The summed E-state index contributed by atoms with van der Waals surface area (Å²) in [5.74, 6) is -0.185. The molecule has 2 aliphatic rings. The van der Waals surface area contributed by atoms with E-state index >= 15 is 0 Å². The molecule has 0 aromatic heterocycles. The lowest BCUT2D eigenvalue weighted by molar-refractivity contribution is -0.137. The van der Waals surface area contributed by atoms with Crippen molar-refractivity contribution in [3.8, 4) is 5.75 Å². The Morgan fingerprint density at radius 2 is 1.84 bits per heavy atom. The van der Waals surface area contributed by atoms with Crippen molar-refractivity contribution >= 4 is 29.1 Å². The average molecular weight is 539 g/mol. The number of ether oxygens (including phenoxy) is 1. The number of alkyl halides is 3. The second kappa shape index (κ2) is 10.9. The van der Waals surface area contributed by atoms with Crippen molar-refractivity contribution in [3.05, 3.63) is 58.6 Å². The van der Waals surface area contributed by atoms with E-state index in [1.165, 1.54) is 12.1 Å². The standard InChI is InChI=1S/C27H30ClF3N2O4/c1-26(36)11-8-21(9-12-26)33-13-10-18(25(33)35)14-17-2-7-22(15-23(17)28)37-16-24(34)32-20-5-3-19(4-6-20)27(29,30)31/h2-7,15,18,21,36H,8-14,16H2,1H3,(H,32,34). The number of nitrogens with zero attached hydrogens (tertiary/aromatic N) is 1. The molecule has 200 valence electrons. The largest absolute Gasteiger partial charge is 0.484 e. The molecule has 37 heavy (non-hydrogen) atoms. The Balaban J connectivity index is 1.27. The van der Waals surface area contributed by atoms with Gasteiger partial charge in [0.1, 0.15) is 5.75 Å². The lowest BCUT2D eigenvalue weighted by Gasteiger charge is -2.37. The molecule has 1 saturated carbocycles. The van der Waals surface area contributed by atoms with Crippen molar-refractivity contribution in [2.45, 2.75) is 63.3 Å². The highest BCUT2D eigenvalue weighted by molar-refractivity contribution is 6.31. The molecule has 1 heterocycles. The first-order chi connectivity index (χ1) is 17.4. The van der Waals surface area contributed by atoms with Gasteiger partial charge < -0.3 is 20.1 Å². The summed E-state index contributed by atoms with van der Waals surface area (Å²) >= 11 is 6.44. The van der Waals surface area contributed by atoms with Gasteiger partial charge in [0.05, 0.1) is 11.2 Å². The molecule has 4 rings (SSSR count). The zero-order valence-corrected chi connectivity index (χ0v) is 21.2. The van der Waals surface area contributed by atoms with Gasteiger partial charge in [0.2, 0.25) is 5.91 Å². The summed E-state index contributed by atoms with van der Waals surface area (Å²) in [6.45, 7) is 2.21. The summed E-state index contributed by atoms with van der Waals surface area (Å²) in [6, 6.07) is 9.35. The molecule has 1 atom stereocenters. The maximum absolute atomic E-state index is 13.0. The second-order valence-electron chi connectivity index (χ2n) is 10.1. The number of nitrogens with one attached hydrogen (secondary N) is 1. The number of rotatable bonds is 7. The Labute approximate surface area is 218 Å². The third-order valence-corrected chi connectivity index (χ3v) is 7.53. The van der Waals surface area contributed by atoms with E-state index in [9.17, 15) is 27.9 Å². The third-order valence-electron chi connectivity index (χ3n) is 7.18. The van der Waals surface area contributed by atoms with E-state index in [1.807, 2.05) is 11.8 Å². The van der Waals surface area contributed by atoms with E-state index in [4.69, 9.17) is 16.3 Å². The summed E-state index contributed by atoms with van der Waals surface area (Å²) in [5, 5.41) is 13.1. The maximum atomic E-state index is 13.0. The number of benzene rings is 2. The molecule has 0 bridgehead atoms. The molecule has 2 N–H and O–H groups in total. The first-order valence-electron chi connectivity index (χ1n) is 12.3. The van der Waals surface area contributed by atoms with Crippen LogP contribution in [-0.2, 0) is 22.2 Å². The molecule has 10 heteroatoms. The highest BCUT2D eigenvalue weighted by Gasteiger charge is 2.39. The van der Waals surface area contributed by atoms with Gasteiger partial charge in [0.15, 0.2) is 6.61 Å². The van der Waals surface area contributed by atoms with Gasteiger partial charge in [0.25, 0.3) is 5.91 Å². The Bertz CT molecular complexity index is 1130. The summed E-state index contributed by atoms with van der Waals surface area (Å²) < 4.78 is 43.5. The molecule has 2 aromatic rings. The fraction of sp³-hybridized carbons (Fsp3) is 0.481. The third kappa shape index (κ3) is 6.96. The van der Waals surface area contributed by atoms with Gasteiger partial charge in [-0.3, -0.25) is 9.59 Å². The fourth-order valence-electron chi connectivity index (χ4n) is 4.99. The number of likely N-dealkylation sites (tertiary alicyclic amines) is 1.